The Morgan fingerprint density at radius 1 is 1.13 bits per heavy atom. The Balaban J connectivity index is 1.46. The number of carbonyl (C=O) groups excluding carboxylic acids is 2. The van der Waals surface area contributed by atoms with Crippen LogP contribution >= 0.6 is 23.1 Å². The van der Waals surface area contributed by atoms with E-state index >= 15 is 0 Å². The summed E-state index contributed by atoms with van der Waals surface area (Å²) < 4.78 is 0. The van der Waals surface area contributed by atoms with Crippen molar-refractivity contribution < 1.29 is 9.59 Å². The standard InChI is InChI=1S/C21H20N6O2S2/c1-2-26-5-7-27(8-6-26)20-22-11-17(30-20)18-14-9-13(3-4-15(14)23-12-24-18)10-16-19(28)25-21(29)31-16/h3-4,9-12H,2,5-8H2,1H3,(H,25,28,29). The molecule has 0 aliphatic carbocycles. The van der Waals surface area contributed by atoms with E-state index in [0.29, 0.717) is 4.91 Å². The smallest absolute Gasteiger partial charge is 0.290 e. The van der Waals surface area contributed by atoms with Crippen molar-refractivity contribution in [2.45, 2.75) is 6.92 Å². The highest BCUT2D eigenvalue weighted by molar-refractivity contribution is 8.18. The lowest BCUT2D eigenvalue weighted by atomic mass is 10.1. The maximum atomic E-state index is 11.9. The highest BCUT2D eigenvalue weighted by atomic mass is 32.2. The lowest BCUT2D eigenvalue weighted by Crippen LogP contribution is -2.46. The van der Waals surface area contributed by atoms with Crippen LogP contribution in [0.1, 0.15) is 12.5 Å². The number of amides is 2. The fourth-order valence-corrected chi connectivity index (χ4v) is 5.37. The van der Waals surface area contributed by atoms with E-state index in [1.807, 2.05) is 24.4 Å². The molecule has 31 heavy (non-hydrogen) atoms. The van der Waals surface area contributed by atoms with Crippen LogP contribution in [-0.4, -0.2) is 63.7 Å². The van der Waals surface area contributed by atoms with Crippen molar-refractivity contribution in [3.05, 3.63) is 41.2 Å². The molecule has 0 spiro atoms. The first-order valence-electron chi connectivity index (χ1n) is 10.0. The Labute approximate surface area is 187 Å². The second-order valence-corrected chi connectivity index (χ2v) is 9.30. The summed E-state index contributed by atoms with van der Waals surface area (Å²) in [6, 6.07) is 5.74. The quantitative estimate of drug-likeness (QED) is 0.604. The van der Waals surface area contributed by atoms with Crippen molar-refractivity contribution in [1.29, 1.82) is 0 Å². The predicted octanol–water partition coefficient (Wildman–Crippen LogP) is 3.22. The van der Waals surface area contributed by atoms with Crippen LogP contribution in [0, 0.1) is 0 Å². The van der Waals surface area contributed by atoms with Crippen LogP contribution in [0.5, 0.6) is 0 Å². The first-order valence-corrected chi connectivity index (χ1v) is 11.7. The summed E-state index contributed by atoms with van der Waals surface area (Å²) in [5.74, 6) is -0.366. The van der Waals surface area contributed by atoms with Gasteiger partial charge in [0, 0.05) is 37.8 Å². The molecule has 1 aromatic carbocycles. The number of benzene rings is 1. The molecule has 0 saturated carbocycles. The van der Waals surface area contributed by atoms with Gasteiger partial charge in [0.25, 0.3) is 11.1 Å². The number of anilines is 1. The van der Waals surface area contributed by atoms with Crippen LogP contribution in [0.25, 0.3) is 27.6 Å². The number of fused-ring (bicyclic) bond motifs is 1. The van der Waals surface area contributed by atoms with Crippen molar-refractivity contribution in [3.63, 3.8) is 0 Å². The molecule has 0 unspecified atom stereocenters. The third kappa shape index (κ3) is 4.06. The Morgan fingerprint density at radius 2 is 1.97 bits per heavy atom. The van der Waals surface area contributed by atoms with Crippen molar-refractivity contribution in [2.24, 2.45) is 0 Å². The maximum absolute atomic E-state index is 11.9. The summed E-state index contributed by atoms with van der Waals surface area (Å²) >= 11 is 2.54. The molecule has 2 amide bonds. The SMILES string of the molecule is CCN1CCN(c2ncc(-c3ncnc4ccc(C=C5SC(=O)NC5=O)cc34)s2)CC1. The zero-order valence-electron chi connectivity index (χ0n) is 16.9. The van der Waals surface area contributed by atoms with Crippen molar-refractivity contribution >= 4 is 56.4 Å². The molecule has 2 fully saturated rings. The molecule has 3 aromatic rings. The van der Waals surface area contributed by atoms with Gasteiger partial charge in [-0.3, -0.25) is 14.9 Å². The van der Waals surface area contributed by atoms with Gasteiger partial charge in [0.1, 0.15) is 6.33 Å². The highest BCUT2D eigenvalue weighted by Gasteiger charge is 2.25. The van der Waals surface area contributed by atoms with Gasteiger partial charge < -0.3 is 9.80 Å². The molecule has 158 valence electrons. The molecule has 5 rings (SSSR count). The average molecular weight is 453 g/mol. The number of hydrogen-bond donors (Lipinski definition) is 1. The molecule has 0 radical (unpaired) electrons. The monoisotopic (exact) mass is 452 g/mol. The number of hydrogen-bond acceptors (Lipinski definition) is 9. The van der Waals surface area contributed by atoms with E-state index in [9.17, 15) is 9.59 Å². The van der Waals surface area contributed by atoms with Gasteiger partial charge in [-0.05, 0) is 42.1 Å². The van der Waals surface area contributed by atoms with E-state index in [0.717, 1.165) is 76.7 Å². The molecular formula is C21H20N6O2S2. The van der Waals surface area contributed by atoms with E-state index < -0.39 is 0 Å². The van der Waals surface area contributed by atoms with E-state index in [1.165, 1.54) is 0 Å². The second kappa shape index (κ2) is 8.37. The van der Waals surface area contributed by atoms with Gasteiger partial charge >= 0.3 is 0 Å². The first-order chi connectivity index (χ1) is 15.1. The van der Waals surface area contributed by atoms with Crippen molar-refractivity contribution in [1.82, 2.24) is 25.2 Å². The Bertz CT molecular complexity index is 1200. The van der Waals surface area contributed by atoms with Gasteiger partial charge in [0.2, 0.25) is 0 Å². The van der Waals surface area contributed by atoms with E-state index in [1.54, 1.807) is 23.7 Å². The normalized spacial score (nSPS) is 18.9. The van der Waals surface area contributed by atoms with Gasteiger partial charge in [-0.25, -0.2) is 15.0 Å². The molecule has 2 aliphatic rings. The molecule has 2 saturated heterocycles. The molecule has 2 aromatic heterocycles. The van der Waals surface area contributed by atoms with Gasteiger partial charge in [-0.1, -0.05) is 24.3 Å². The molecule has 0 atom stereocenters. The fraction of sp³-hybridized carbons (Fsp3) is 0.286. The Morgan fingerprint density at radius 3 is 2.71 bits per heavy atom. The number of aromatic nitrogens is 3. The summed E-state index contributed by atoms with van der Waals surface area (Å²) in [5.41, 5.74) is 2.45. The van der Waals surface area contributed by atoms with E-state index in [2.05, 4.69) is 37.0 Å². The van der Waals surface area contributed by atoms with E-state index in [4.69, 9.17) is 0 Å². The third-order valence-electron chi connectivity index (χ3n) is 5.42. The number of nitrogens with zero attached hydrogens (tertiary/aromatic N) is 5. The summed E-state index contributed by atoms with van der Waals surface area (Å²) in [5, 5.41) is 3.82. The van der Waals surface area contributed by atoms with Crippen LogP contribution in [-0.2, 0) is 4.79 Å². The lowest BCUT2D eigenvalue weighted by Gasteiger charge is -2.33. The van der Waals surface area contributed by atoms with Crippen molar-refractivity contribution in [3.8, 4) is 10.6 Å². The van der Waals surface area contributed by atoms with Crippen LogP contribution in [0.3, 0.4) is 0 Å². The van der Waals surface area contributed by atoms with E-state index in [-0.39, 0.29) is 11.1 Å². The molecule has 8 nitrogen and oxygen atoms in total. The fourth-order valence-electron chi connectivity index (χ4n) is 3.71. The number of likely N-dealkylation sites (N-methyl/N-ethyl adjacent to an activating group) is 1. The highest BCUT2D eigenvalue weighted by Crippen LogP contribution is 2.35. The van der Waals surface area contributed by atoms with Crippen molar-refractivity contribution in [2.75, 3.05) is 37.6 Å². The predicted molar refractivity (Wildman–Crippen MR) is 124 cm³/mol. The lowest BCUT2D eigenvalue weighted by molar-refractivity contribution is -0.115. The Hall–Kier alpha value is -2.82. The average Bonchev–Trinajstić information content (AvgIpc) is 3.40. The van der Waals surface area contributed by atoms with Crippen LogP contribution < -0.4 is 10.2 Å². The largest absolute Gasteiger partial charge is 0.346 e. The number of piperazine rings is 1. The second-order valence-electron chi connectivity index (χ2n) is 7.28. The van der Waals surface area contributed by atoms with Gasteiger partial charge in [-0.15, -0.1) is 0 Å². The number of rotatable bonds is 4. The van der Waals surface area contributed by atoms with Gasteiger partial charge in [0.15, 0.2) is 5.13 Å². The molecule has 4 heterocycles. The molecule has 0 bridgehead atoms. The molecule has 1 N–H and O–H groups in total. The van der Waals surface area contributed by atoms with Crippen LogP contribution in [0.4, 0.5) is 9.93 Å². The topological polar surface area (TPSA) is 91.3 Å². The third-order valence-corrected chi connectivity index (χ3v) is 7.29. The summed E-state index contributed by atoms with van der Waals surface area (Å²) in [4.78, 5) is 43.0. The summed E-state index contributed by atoms with van der Waals surface area (Å²) in [6.45, 7) is 7.32. The summed E-state index contributed by atoms with van der Waals surface area (Å²) in [7, 11) is 0. The minimum absolute atomic E-state index is 0.349. The zero-order chi connectivity index (χ0) is 21.4. The first kappa shape index (κ1) is 20.1. The van der Waals surface area contributed by atoms with Gasteiger partial charge in [-0.2, -0.15) is 0 Å². The number of carbonyl (C=O) groups is 2. The number of imide groups is 1. The maximum Gasteiger partial charge on any atom is 0.290 e. The number of thiazole rings is 1. The Kier molecular flexibility index (Phi) is 5.43. The molecule has 10 heteroatoms. The van der Waals surface area contributed by atoms with Crippen LogP contribution in [0.2, 0.25) is 0 Å². The summed E-state index contributed by atoms with van der Waals surface area (Å²) in [6.07, 6.45) is 5.15. The minimum Gasteiger partial charge on any atom is -0.346 e. The molecule has 2 aliphatic heterocycles. The molecular weight excluding hydrogens is 432 g/mol. The zero-order valence-corrected chi connectivity index (χ0v) is 18.5. The number of nitrogens with one attached hydrogen (secondary N) is 1. The van der Waals surface area contributed by atoms with Gasteiger partial charge in [0.05, 0.1) is 21.0 Å². The number of thioether (sulfide) groups is 1. The van der Waals surface area contributed by atoms with Crippen LogP contribution in [0.15, 0.2) is 35.6 Å². The minimum atomic E-state index is -0.366.